The highest BCUT2D eigenvalue weighted by atomic mass is 16.2. The molecule has 5 nitrogen and oxygen atoms in total. The molecular weight excluding hydrogens is 228 g/mol. The van der Waals surface area contributed by atoms with Crippen molar-refractivity contribution in [3.05, 3.63) is 59.9 Å². The van der Waals surface area contributed by atoms with E-state index in [4.69, 9.17) is 5.26 Å². The third kappa shape index (κ3) is 2.83. The lowest BCUT2D eigenvalue weighted by atomic mass is 10.2. The highest BCUT2D eigenvalue weighted by molar-refractivity contribution is 5.94. The van der Waals surface area contributed by atoms with Crippen LogP contribution in [0.4, 0.5) is 5.69 Å². The van der Waals surface area contributed by atoms with Crippen molar-refractivity contribution in [2.45, 2.75) is 0 Å². The van der Waals surface area contributed by atoms with E-state index in [0.29, 0.717) is 16.8 Å². The van der Waals surface area contributed by atoms with Gasteiger partial charge in [-0.15, -0.1) is 0 Å². The van der Waals surface area contributed by atoms with Gasteiger partial charge in [0.25, 0.3) is 5.91 Å². The van der Waals surface area contributed by atoms with Crippen LogP contribution in [-0.4, -0.2) is 10.9 Å². The molecule has 5 heteroatoms. The maximum Gasteiger partial charge on any atom is 0.271 e. The number of carbonyl (C=O) groups excluding carboxylic acids is 1. The van der Waals surface area contributed by atoms with Crippen molar-refractivity contribution in [2.24, 2.45) is 0 Å². The Bertz CT molecular complexity index is 572. The summed E-state index contributed by atoms with van der Waals surface area (Å²) in [4.78, 5) is 15.5. The molecule has 0 saturated heterocycles. The highest BCUT2D eigenvalue weighted by Crippen LogP contribution is 2.07. The number of benzene rings is 1. The predicted molar refractivity (Wildman–Crippen MR) is 66.5 cm³/mol. The van der Waals surface area contributed by atoms with Gasteiger partial charge in [0.15, 0.2) is 0 Å². The van der Waals surface area contributed by atoms with Crippen molar-refractivity contribution in [1.82, 2.24) is 10.4 Å². The third-order valence-electron chi connectivity index (χ3n) is 2.26. The summed E-state index contributed by atoms with van der Waals surface area (Å²) in [6, 6.07) is 12.1. The second-order valence-corrected chi connectivity index (χ2v) is 3.51. The van der Waals surface area contributed by atoms with Gasteiger partial charge in [0, 0.05) is 12.4 Å². The summed E-state index contributed by atoms with van der Waals surface area (Å²) in [5.41, 5.74) is 7.04. The quantitative estimate of drug-likeness (QED) is 0.798. The largest absolute Gasteiger partial charge is 0.298 e. The minimum absolute atomic E-state index is 0.271. The summed E-state index contributed by atoms with van der Waals surface area (Å²) in [6.07, 6.45) is 3.08. The summed E-state index contributed by atoms with van der Waals surface area (Å²) in [5.74, 6) is -0.271. The molecule has 1 amide bonds. The molecular formula is C13H10N4O. The average molecular weight is 238 g/mol. The zero-order valence-corrected chi connectivity index (χ0v) is 9.42. The van der Waals surface area contributed by atoms with E-state index in [1.54, 1.807) is 42.6 Å². The number of rotatable bonds is 3. The van der Waals surface area contributed by atoms with Crippen molar-refractivity contribution in [2.75, 3.05) is 5.43 Å². The fraction of sp³-hybridized carbons (Fsp3) is 0. The molecule has 88 valence electrons. The number of hydrazine groups is 1. The van der Waals surface area contributed by atoms with Gasteiger partial charge in [-0.2, -0.15) is 5.26 Å². The Morgan fingerprint density at radius 1 is 1.22 bits per heavy atom. The van der Waals surface area contributed by atoms with Crippen LogP contribution in [0, 0.1) is 11.3 Å². The zero-order chi connectivity index (χ0) is 12.8. The van der Waals surface area contributed by atoms with Crippen molar-refractivity contribution < 1.29 is 4.79 Å². The number of nitriles is 1. The van der Waals surface area contributed by atoms with E-state index >= 15 is 0 Å². The molecule has 0 aliphatic rings. The van der Waals surface area contributed by atoms with Gasteiger partial charge in [0.1, 0.15) is 0 Å². The number of nitrogens with one attached hydrogen (secondary N) is 2. The van der Waals surface area contributed by atoms with Crippen LogP contribution in [0.25, 0.3) is 0 Å². The molecule has 1 aromatic carbocycles. The monoisotopic (exact) mass is 238 g/mol. The summed E-state index contributed by atoms with van der Waals surface area (Å²) in [6.45, 7) is 0. The lowest BCUT2D eigenvalue weighted by molar-refractivity contribution is 0.0962. The molecule has 0 spiro atoms. The molecule has 18 heavy (non-hydrogen) atoms. The molecule has 0 saturated carbocycles. The third-order valence-corrected chi connectivity index (χ3v) is 2.26. The fourth-order valence-corrected chi connectivity index (χ4v) is 1.33. The van der Waals surface area contributed by atoms with Gasteiger partial charge in [0.2, 0.25) is 0 Å². The molecule has 0 aliphatic heterocycles. The van der Waals surface area contributed by atoms with E-state index in [-0.39, 0.29) is 5.91 Å². The summed E-state index contributed by atoms with van der Waals surface area (Å²) >= 11 is 0. The molecule has 1 heterocycles. The van der Waals surface area contributed by atoms with E-state index < -0.39 is 0 Å². The number of hydrogen-bond donors (Lipinski definition) is 2. The fourth-order valence-electron chi connectivity index (χ4n) is 1.33. The van der Waals surface area contributed by atoms with Crippen LogP contribution in [-0.2, 0) is 0 Å². The van der Waals surface area contributed by atoms with Crippen LogP contribution in [0.3, 0.4) is 0 Å². The second kappa shape index (κ2) is 5.46. The number of carbonyl (C=O) groups is 1. The van der Waals surface area contributed by atoms with Crippen LogP contribution >= 0.6 is 0 Å². The molecule has 0 fully saturated rings. The Morgan fingerprint density at radius 3 is 2.61 bits per heavy atom. The first kappa shape index (κ1) is 11.6. The maximum atomic E-state index is 11.7. The van der Waals surface area contributed by atoms with E-state index in [2.05, 4.69) is 15.8 Å². The molecule has 0 aliphatic carbocycles. The van der Waals surface area contributed by atoms with Gasteiger partial charge in [-0.05, 0) is 36.4 Å². The number of amides is 1. The molecule has 0 radical (unpaired) electrons. The lowest BCUT2D eigenvalue weighted by Crippen LogP contribution is -2.29. The van der Waals surface area contributed by atoms with Gasteiger partial charge >= 0.3 is 0 Å². The lowest BCUT2D eigenvalue weighted by Gasteiger charge is -2.07. The Hall–Kier alpha value is -2.87. The van der Waals surface area contributed by atoms with Crippen LogP contribution in [0.5, 0.6) is 0 Å². The average Bonchev–Trinajstić information content (AvgIpc) is 2.46. The van der Waals surface area contributed by atoms with Crippen molar-refractivity contribution in [3.8, 4) is 6.07 Å². The van der Waals surface area contributed by atoms with E-state index in [9.17, 15) is 4.79 Å². The summed E-state index contributed by atoms with van der Waals surface area (Å²) in [5, 5.41) is 8.65. The van der Waals surface area contributed by atoms with Gasteiger partial charge in [-0.1, -0.05) is 0 Å². The SMILES string of the molecule is N#Cc1ccc(NNC(=O)c2cccnc2)cc1. The normalized spacial score (nSPS) is 9.28. The first-order valence-electron chi connectivity index (χ1n) is 5.26. The Morgan fingerprint density at radius 2 is 2.00 bits per heavy atom. The molecule has 0 atom stereocenters. The van der Waals surface area contributed by atoms with Gasteiger partial charge in [0.05, 0.1) is 22.9 Å². The summed E-state index contributed by atoms with van der Waals surface area (Å²) in [7, 11) is 0. The molecule has 0 bridgehead atoms. The Labute approximate surface area is 104 Å². The zero-order valence-electron chi connectivity index (χ0n) is 9.42. The smallest absolute Gasteiger partial charge is 0.271 e. The minimum atomic E-state index is -0.271. The number of pyridine rings is 1. The topological polar surface area (TPSA) is 77.8 Å². The highest BCUT2D eigenvalue weighted by Gasteiger charge is 2.03. The van der Waals surface area contributed by atoms with Crippen molar-refractivity contribution in [1.29, 1.82) is 5.26 Å². The van der Waals surface area contributed by atoms with Crippen LogP contribution in [0.1, 0.15) is 15.9 Å². The van der Waals surface area contributed by atoms with E-state index in [0.717, 1.165) is 0 Å². The Balaban J connectivity index is 1.95. The van der Waals surface area contributed by atoms with Crippen LogP contribution in [0.2, 0.25) is 0 Å². The maximum absolute atomic E-state index is 11.7. The molecule has 1 aromatic heterocycles. The standard InChI is InChI=1S/C13H10N4O/c14-8-10-3-5-12(6-4-10)16-17-13(18)11-2-1-7-15-9-11/h1-7,9,16H,(H,17,18). The van der Waals surface area contributed by atoms with Crippen molar-refractivity contribution in [3.63, 3.8) is 0 Å². The van der Waals surface area contributed by atoms with E-state index in [1.807, 2.05) is 6.07 Å². The second-order valence-electron chi connectivity index (χ2n) is 3.51. The first-order valence-corrected chi connectivity index (χ1v) is 5.26. The van der Waals surface area contributed by atoms with Gasteiger partial charge in [-0.3, -0.25) is 20.6 Å². The van der Waals surface area contributed by atoms with Crippen LogP contribution < -0.4 is 10.9 Å². The van der Waals surface area contributed by atoms with Gasteiger partial charge < -0.3 is 0 Å². The number of aromatic nitrogens is 1. The number of hydrogen-bond acceptors (Lipinski definition) is 4. The summed E-state index contributed by atoms with van der Waals surface area (Å²) < 4.78 is 0. The molecule has 0 unspecified atom stereocenters. The molecule has 2 N–H and O–H groups in total. The predicted octanol–water partition coefficient (Wildman–Crippen LogP) is 1.71. The van der Waals surface area contributed by atoms with Crippen LogP contribution in [0.15, 0.2) is 48.8 Å². The van der Waals surface area contributed by atoms with Crippen molar-refractivity contribution >= 4 is 11.6 Å². The van der Waals surface area contributed by atoms with E-state index in [1.165, 1.54) is 6.20 Å². The van der Waals surface area contributed by atoms with Gasteiger partial charge in [-0.25, -0.2) is 0 Å². The Kier molecular flexibility index (Phi) is 3.52. The first-order chi connectivity index (χ1) is 8.79. The molecule has 2 aromatic rings. The number of nitrogens with zero attached hydrogens (tertiary/aromatic N) is 2. The minimum Gasteiger partial charge on any atom is -0.298 e. The molecule has 2 rings (SSSR count). The number of anilines is 1.